The zero-order valence-electron chi connectivity index (χ0n) is 16.2. The van der Waals surface area contributed by atoms with Crippen LogP contribution >= 0.6 is 11.3 Å². The highest BCUT2D eigenvalue weighted by molar-refractivity contribution is 7.10. The van der Waals surface area contributed by atoms with Crippen LogP contribution in [-0.2, 0) is 9.59 Å². The van der Waals surface area contributed by atoms with E-state index in [-0.39, 0.29) is 35.5 Å². The highest BCUT2D eigenvalue weighted by atomic mass is 32.1. The Bertz CT molecular complexity index is 1050. The summed E-state index contributed by atoms with van der Waals surface area (Å²) < 4.78 is 13.3. The second-order valence-corrected chi connectivity index (χ2v) is 8.86. The Morgan fingerprint density at radius 1 is 1.00 bits per heavy atom. The average Bonchev–Trinajstić information content (AvgIpc) is 3.38. The molecule has 4 atom stereocenters. The second kappa shape index (κ2) is 7.69. The van der Waals surface area contributed by atoms with Crippen LogP contribution < -0.4 is 5.32 Å². The van der Waals surface area contributed by atoms with Gasteiger partial charge in [0.2, 0.25) is 11.8 Å². The van der Waals surface area contributed by atoms with Crippen molar-refractivity contribution < 1.29 is 14.0 Å². The molecule has 1 aliphatic carbocycles. The summed E-state index contributed by atoms with van der Waals surface area (Å²) in [6, 6.07) is 19.1. The Morgan fingerprint density at radius 3 is 2.47 bits per heavy atom. The van der Waals surface area contributed by atoms with Gasteiger partial charge in [-0.3, -0.25) is 9.59 Å². The highest BCUT2D eigenvalue weighted by Gasteiger charge is 2.49. The van der Waals surface area contributed by atoms with Crippen LogP contribution in [0.2, 0.25) is 0 Å². The SMILES string of the molecule is O=C1NC(c2ccccc2)CN(C(=O)C2CC2c2ccc(F)cc2)C1c1cccs1. The van der Waals surface area contributed by atoms with Crippen molar-refractivity contribution in [1.29, 1.82) is 0 Å². The summed E-state index contributed by atoms with van der Waals surface area (Å²) in [5.41, 5.74) is 1.96. The molecular formula is C24H21FN2O2S. The Kier molecular flexibility index (Phi) is 4.87. The number of benzene rings is 2. The molecule has 3 aromatic rings. The number of hydrogen-bond acceptors (Lipinski definition) is 3. The number of halogens is 1. The van der Waals surface area contributed by atoms with Gasteiger partial charge >= 0.3 is 0 Å². The molecule has 152 valence electrons. The molecule has 4 nitrogen and oxygen atoms in total. The van der Waals surface area contributed by atoms with Gasteiger partial charge in [-0.25, -0.2) is 4.39 Å². The lowest BCUT2D eigenvalue weighted by Gasteiger charge is -2.39. The van der Waals surface area contributed by atoms with E-state index in [1.165, 1.54) is 23.5 Å². The third kappa shape index (κ3) is 3.52. The van der Waals surface area contributed by atoms with E-state index in [2.05, 4.69) is 5.32 Å². The van der Waals surface area contributed by atoms with Crippen LogP contribution in [0.15, 0.2) is 72.1 Å². The lowest BCUT2D eigenvalue weighted by molar-refractivity contribution is -0.146. The molecule has 2 aromatic carbocycles. The second-order valence-electron chi connectivity index (χ2n) is 7.88. The molecule has 2 aliphatic rings. The van der Waals surface area contributed by atoms with Crippen LogP contribution in [0.3, 0.4) is 0 Å². The van der Waals surface area contributed by atoms with Gasteiger partial charge in [0.15, 0.2) is 0 Å². The van der Waals surface area contributed by atoms with Crippen LogP contribution in [0.1, 0.15) is 40.4 Å². The molecule has 0 bridgehead atoms. The smallest absolute Gasteiger partial charge is 0.248 e. The quantitative estimate of drug-likeness (QED) is 0.679. The fourth-order valence-corrected chi connectivity index (χ4v) is 5.15. The molecule has 1 saturated heterocycles. The number of nitrogens with one attached hydrogen (secondary N) is 1. The number of carbonyl (C=O) groups excluding carboxylic acids is 2. The van der Waals surface area contributed by atoms with Crippen molar-refractivity contribution in [2.24, 2.45) is 5.92 Å². The van der Waals surface area contributed by atoms with Crippen molar-refractivity contribution >= 4 is 23.2 Å². The predicted molar refractivity (Wildman–Crippen MR) is 113 cm³/mol. The number of rotatable bonds is 4. The zero-order valence-corrected chi connectivity index (χ0v) is 17.0. The normalized spacial score (nSPS) is 25.6. The molecule has 2 amide bonds. The van der Waals surface area contributed by atoms with Gasteiger partial charge in [-0.2, -0.15) is 0 Å². The third-order valence-corrected chi connectivity index (χ3v) is 6.88. The summed E-state index contributed by atoms with van der Waals surface area (Å²) in [6.07, 6.45) is 0.732. The van der Waals surface area contributed by atoms with Crippen molar-refractivity contribution in [3.05, 3.63) is 93.9 Å². The number of carbonyl (C=O) groups is 2. The van der Waals surface area contributed by atoms with Gasteiger partial charge in [-0.15, -0.1) is 11.3 Å². The lowest BCUT2D eigenvalue weighted by atomic mass is 9.99. The minimum absolute atomic E-state index is 0.00138. The first-order chi connectivity index (χ1) is 14.6. The van der Waals surface area contributed by atoms with Crippen LogP contribution in [0, 0.1) is 11.7 Å². The Morgan fingerprint density at radius 2 is 1.77 bits per heavy atom. The van der Waals surface area contributed by atoms with Gasteiger partial charge in [0.25, 0.3) is 0 Å². The van der Waals surface area contributed by atoms with E-state index in [1.54, 1.807) is 17.0 Å². The third-order valence-electron chi connectivity index (χ3n) is 5.96. The molecule has 1 saturated carbocycles. The predicted octanol–water partition coefficient (Wildman–Crippen LogP) is 4.43. The molecule has 30 heavy (non-hydrogen) atoms. The first-order valence-corrected chi connectivity index (χ1v) is 10.9. The van der Waals surface area contributed by atoms with Crippen LogP contribution in [0.5, 0.6) is 0 Å². The molecule has 1 N–H and O–H groups in total. The van der Waals surface area contributed by atoms with Gasteiger partial charge in [0, 0.05) is 17.3 Å². The fraction of sp³-hybridized carbons (Fsp3) is 0.250. The largest absolute Gasteiger partial charge is 0.345 e. The molecule has 1 aromatic heterocycles. The van der Waals surface area contributed by atoms with E-state index < -0.39 is 6.04 Å². The summed E-state index contributed by atoms with van der Waals surface area (Å²) in [6.45, 7) is 0.434. The number of piperazine rings is 1. The number of thiophene rings is 1. The Balaban J connectivity index is 1.42. The number of amides is 2. The molecule has 4 unspecified atom stereocenters. The monoisotopic (exact) mass is 420 g/mol. The molecule has 2 heterocycles. The first kappa shape index (κ1) is 19.0. The van der Waals surface area contributed by atoms with E-state index >= 15 is 0 Å². The summed E-state index contributed by atoms with van der Waals surface area (Å²) in [7, 11) is 0. The Labute approximate surface area is 178 Å². The van der Waals surface area contributed by atoms with Crippen molar-refractivity contribution in [3.63, 3.8) is 0 Å². The standard InChI is InChI=1S/C24H21FN2O2S/c25-17-10-8-15(9-11-17)18-13-19(18)24(29)27-14-20(16-5-2-1-3-6-16)26-23(28)22(27)21-7-4-12-30-21/h1-12,18-20,22H,13-14H2,(H,26,28). The van der Waals surface area contributed by atoms with Crippen molar-refractivity contribution in [2.45, 2.75) is 24.4 Å². The topological polar surface area (TPSA) is 49.4 Å². The van der Waals surface area contributed by atoms with E-state index in [4.69, 9.17) is 0 Å². The molecular weight excluding hydrogens is 399 g/mol. The molecule has 2 fully saturated rings. The van der Waals surface area contributed by atoms with Gasteiger partial charge in [-0.1, -0.05) is 48.5 Å². The lowest BCUT2D eigenvalue weighted by Crippen LogP contribution is -2.53. The van der Waals surface area contributed by atoms with Gasteiger partial charge in [-0.05, 0) is 47.0 Å². The van der Waals surface area contributed by atoms with E-state index in [9.17, 15) is 14.0 Å². The highest BCUT2D eigenvalue weighted by Crippen LogP contribution is 2.50. The molecule has 6 heteroatoms. The first-order valence-electron chi connectivity index (χ1n) is 10.1. The van der Waals surface area contributed by atoms with E-state index in [0.29, 0.717) is 6.54 Å². The van der Waals surface area contributed by atoms with Crippen molar-refractivity contribution in [3.8, 4) is 0 Å². The summed E-state index contributed by atoms with van der Waals surface area (Å²) in [5.74, 6) is -0.510. The maximum Gasteiger partial charge on any atom is 0.248 e. The molecule has 5 rings (SSSR count). The molecule has 0 radical (unpaired) electrons. The van der Waals surface area contributed by atoms with Crippen LogP contribution in [0.4, 0.5) is 4.39 Å². The van der Waals surface area contributed by atoms with Crippen molar-refractivity contribution in [2.75, 3.05) is 6.54 Å². The number of hydrogen-bond donors (Lipinski definition) is 1. The van der Waals surface area contributed by atoms with Gasteiger partial charge < -0.3 is 10.2 Å². The van der Waals surface area contributed by atoms with E-state index in [0.717, 1.165) is 22.4 Å². The summed E-state index contributed by atoms with van der Waals surface area (Å²) >= 11 is 1.49. The average molecular weight is 421 g/mol. The van der Waals surface area contributed by atoms with E-state index in [1.807, 2.05) is 47.8 Å². The fourth-order valence-electron chi connectivity index (χ4n) is 4.32. The number of nitrogens with zero attached hydrogens (tertiary/aromatic N) is 1. The van der Waals surface area contributed by atoms with Gasteiger partial charge in [0.1, 0.15) is 11.9 Å². The summed E-state index contributed by atoms with van der Waals surface area (Å²) in [5, 5.41) is 5.02. The summed E-state index contributed by atoms with van der Waals surface area (Å²) in [4.78, 5) is 29.2. The van der Waals surface area contributed by atoms with Crippen LogP contribution in [0.25, 0.3) is 0 Å². The maximum atomic E-state index is 13.5. The zero-order chi connectivity index (χ0) is 20.7. The van der Waals surface area contributed by atoms with Gasteiger partial charge in [0.05, 0.1) is 6.04 Å². The minimum atomic E-state index is -0.605. The molecule has 1 aliphatic heterocycles. The van der Waals surface area contributed by atoms with Crippen molar-refractivity contribution in [1.82, 2.24) is 10.2 Å². The maximum absolute atomic E-state index is 13.5. The molecule has 0 spiro atoms. The van der Waals surface area contributed by atoms with Crippen LogP contribution in [-0.4, -0.2) is 23.3 Å². The Hall–Kier alpha value is -2.99. The minimum Gasteiger partial charge on any atom is -0.345 e.